The van der Waals surface area contributed by atoms with Gasteiger partial charge in [-0.2, -0.15) is 0 Å². The Morgan fingerprint density at radius 2 is 0.967 bits per heavy atom. The molecule has 0 aliphatic rings. The molecule has 1 amide bonds. The fourth-order valence-electron chi connectivity index (χ4n) is 6.75. The molecule has 0 aliphatic heterocycles. The number of rotatable bonds is 44. The van der Waals surface area contributed by atoms with Crippen molar-refractivity contribution in [2.75, 3.05) is 40.9 Å². The fraction of sp³-hybridized carbons (Fsp3) is 0.784. The number of amides is 1. The van der Waals surface area contributed by atoms with Gasteiger partial charge in [-0.05, 0) is 77.0 Å². The van der Waals surface area contributed by atoms with Crippen molar-refractivity contribution in [2.45, 2.75) is 219 Å². The van der Waals surface area contributed by atoms with Gasteiger partial charge in [-0.15, -0.1) is 0 Å². The molecule has 0 aromatic rings. The van der Waals surface area contributed by atoms with E-state index < -0.39 is 20.0 Å². The maximum absolute atomic E-state index is 12.9. The lowest BCUT2D eigenvalue weighted by molar-refractivity contribution is -0.870. The van der Waals surface area contributed by atoms with Crippen molar-refractivity contribution < 1.29 is 32.9 Å². The molecule has 3 unspecified atom stereocenters. The van der Waals surface area contributed by atoms with Crippen LogP contribution in [0.15, 0.2) is 60.8 Å². The number of carbonyl (C=O) groups is 1. The van der Waals surface area contributed by atoms with Crippen LogP contribution in [-0.4, -0.2) is 73.4 Å². The smallest absolute Gasteiger partial charge is 0.387 e. The van der Waals surface area contributed by atoms with Crippen LogP contribution < -0.4 is 5.32 Å². The Morgan fingerprint density at radius 3 is 1.43 bits per heavy atom. The lowest BCUT2D eigenvalue weighted by atomic mass is 10.1. The molecule has 0 radical (unpaired) electrons. The fourth-order valence-corrected chi connectivity index (χ4v) is 7.49. The van der Waals surface area contributed by atoms with E-state index in [0.29, 0.717) is 17.4 Å². The minimum absolute atomic E-state index is 0.0497. The molecule has 0 aliphatic carbocycles. The summed E-state index contributed by atoms with van der Waals surface area (Å²) in [6, 6.07) is -0.875. The minimum atomic E-state index is -4.36. The highest BCUT2D eigenvalue weighted by atomic mass is 31.2. The second-order valence-electron chi connectivity index (χ2n) is 17.8. The monoisotopic (exact) mass is 864 g/mol. The van der Waals surface area contributed by atoms with Crippen LogP contribution in [0.1, 0.15) is 206 Å². The van der Waals surface area contributed by atoms with Crippen molar-refractivity contribution >= 4 is 13.7 Å². The molecule has 0 saturated heterocycles. The lowest BCUT2D eigenvalue weighted by Crippen LogP contribution is -2.45. The Hall–Kier alpha value is -1.80. The first-order valence-corrected chi connectivity index (χ1v) is 26.2. The molecule has 0 spiro atoms. The van der Waals surface area contributed by atoms with Crippen molar-refractivity contribution in [3.63, 3.8) is 0 Å². The van der Waals surface area contributed by atoms with Gasteiger partial charge in [0.2, 0.25) is 5.91 Å². The minimum Gasteiger partial charge on any atom is -0.387 e. The number of allylic oxidation sites excluding steroid dienone is 9. The molecule has 0 aromatic heterocycles. The van der Waals surface area contributed by atoms with Gasteiger partial charge in [0.25, 0.3) is 0 Å². The maximum Gasteiger partial charge on any atom is 0.472 e. The second-order valence-corrected chi connectivity index (χ2v) is 19.3. The number of hydrogen-bond donors (Lipinski definition) is 3. The molecular weight excluding hydrogens is 768 g/mol. The van der Waals surface area contributed by atoms with Crippen molar-refractivity contribution in [3.05, 3.63) is 60.8 Å². The molecule has 3 atom stereocenters. The molecule has 0 rings (SSSR count). The van der Waals surface area contributed by atoms with Crippen molar-refractivity contribution in [1.82, 2.24) is 5.32 Å². The zero-order valence-electron chi connectivity index (χ0n) is 39.7. The van der Waals surface area contributed by atoms with Crippen LogP contribution in [0.4, 0.5) is 0 Å². The first kappa shape index (κ1) is 58.2. The number of aliphatic hydroxyl groups is 1. The van der Waals surface area contributed by atoms with E-state index >= 15 is 0 Å². The number of aliphatic hydroxyl groups excluding tert-OH is 1. The summed E-state index contributed by atoms with van der Waals surface area (Å²) in [5, 5.41) is 13.8. The average molecular weight is 864 g/mol. The van der Waals surface area contributed by atoms with E-state index in [1.807, 2.05) is 27.2 Å². The highest BCUT2D eigenvalue weighted by Gasteiger charge is 2.27. The predicted octanol–water partition coefficient (Wildman–Crippen LogP) is 14.2. The number of nitrogens with one attached hydrogen (secondary N) is 1. The third kappa shape index (κ3) is 44.3. The normalized spacial score (nSPS) is 14.7. The van der Waals surface area contributed by atoms with Gasteiger partial charge in [-0.25, -0.2) is 4.57 Å². The summed E-state index contributed by atoms with van der Waals surface area (Å²) < 4.78 is 23.6. The highest BCUT2D eigenvalue weighted by molar-refractivity contribution is 7.47. The first-order chi connectivity index (χ1) is 29.0. The summed E-state index contributed by atoms with van der Waals surface area (Å²) >= 11 is 0. The summed E-state index contributed by atoms with van der Waals surface area (Å²) in [5.41, 5.74) is 0. The Morgan fingerprint density at radius 1 is 0.567 bits per heavy atom. The molecule has 0 heterocycles. The van der Waals surface area contributed by atoms with Crippen LogP contribution in [0.3, 0.4) is 0 Å². The first-order valence-electron chi connectivity index (χ1n) is 24.7. The van der Waals surface area contributed by atoms with Gasteiger partial charge in [0.15, 0.2) is 0 Å². The third-order valence-electron chi connectivity index (χ3n) is 10.7. The van der Waals surface area contributed by atoms with Crippen LogP contribution in [0, 0.1) is 0 Å². The average Bonchev–Trinajstić information content (AvgIpc) is 3.20. The largest absolute Gasteiger partial charge is 0.472 e. The Bertz CT molecular complexity index is 1160. The van der Waals surface area contributed by atoms with E-state index in [4.69, 9.17) is 9.05 Å². The number of likely N-dealkylation sites (N-methyl/N-ethyl adjacent to an activating group) is 1. The molecule has 9 heteroatoms. The van der Waals surface area contributed by atoms with Gasteiger partial charge >= 0.3 is 7.82 Å². The number of nitrogens with zero attached hydrogens (tertiary/aromatic N) is 1. The van der Waals surface area contributed by atoms with E-state index in [-0.39, 0.29) is 19.1 Å². The van der Waals surface area contributed by atoms with E-state index in [9.17, 15) is 19.4 Å². The zero-order chi connectivity index (χ0) is 44.3. The van der Waals surface area contributed by atoms with Gasteiger partial charge in [-0.1, -0.05) is 184 Å². The molecule has 0 aromatic carbocycles. The Labute approximate surface area is 371 Å². The van der Waals surface area contributed by atoms with Gasteiger partial charge in [-0.3, -0.25) is 13.8 Å². The molecule has 0 fully saturated rings. The van der Waals surface area contributed by atoms with Crippen molar-refractivity contribution in [2.24, 2.45) is 0 Å². The summed E-state index contributed by atoms with van der Waals surface area (Å²) in [4.78, 5) is 23.2. The molecule has 60 heavy (non-hydrogen) atoms. The van der Waals surface area contributed by atoms with Gasteiger partial charge in [0, 0.05) is 6.42 Å². The number of unbranched alkanes of at least 4 members (excludes halogenated alkanes) is 23. The quantitative estimate of drug-likeness (QED) is 0.0244. The Kier molecular flexibility index (Phi) is 41.2. The summed E-state index contributed by atoms with van der Waals surface area (Å²) in [7, 11) is 1.53. The second kappa shape index (κ2) is 42.5. The van der Waals surface area contributed by atoms with E-state index in [2.05, 4.69) is 67.8 Å². The third-order valence-corrected chi connectivity index (χ3v) is 11.7. The topological polar surface area (TPSA) is 105 Å². The highest BCUT2D eigenvalue weighted by Crippen LogP contribution is 2.43. The van der Waals surface area contributed by atoms with Crippen LogP contribution in [0.5, 0.6) is 0 Å². The van der Waals surface area contributed by atoms with E-state index in [0.717, 1.165) is 64.2 Å². The lowest BCUT2D eigenvalue weighted by Gasteiger charge is -2.25. The summed E-state index contributed by atoms with van der Waals surface area (Å²) in [6.07, 6.45) is 55.9. The molecular formula is C51H96N2O6P+. The van der Waals surface area contributed by atoms with E-state index in [1.54, 1.807) is 6.08 Å². The van der Waals surface area contributed by atoms with Crippen molar-refractivity contribution in [1.29, 1.82) is 0 Å². The number of hydrogen-bond acceptors (Lipinski definition) is 5. The number of phosphoric acid groups is 1. The van der Waals surface area contributed by atoms with Crippen LogP contribution in [0.2, 0.25) is 0 Å². The number of phosphoric ester groups is 1. The molecule has 8 nitrogen and oxygen atoms in total. The predicted molar refractivity (Wildman–Crippen MR) is 258 cm³/mol. The Balaban J connectivity index is 4.38. The number of carbonyl (C=O) groups excluding carboxylic acids is 1. The van der Waals surface area contributed by atoms with Gasteiger partial charge in [0.1, 0.15) is 13.2 Å². The SMILES string of the molecule is CCCCCCC/C=C/CC/C=C/CC/C=C/C(O)C(COP(=O)(O)OCC[N+](C)(C)C)NC(=O)CCCCCCCCC/C=C\C/C=C\CCCCCCCCCCC. The maximum atomic E-state index is 12.9. The standard InChI is InChI=1S/C51H95N2O6P/c1-6-8-10-12-14-16-18-20-22-23-24-25-26-27-28-29-31-33-35-37-39-41-43-45-51(55)52-49(48-59-60(56,57)58-47-46-53(3,4)5)50(54)44-42-40-38-36-34-32-30-21-19-17-15-13-11-9-7-2/h19,21,24-25,27-28,34,36,42,44,49-50,54H,6-18,20,22-23,26,29-33,35,37-41,43,45-48H2,1-5H3,(H-,52,55,56,57)/p+1/b21-19+,25-24-,28-27-,36-34+,44-42+. The molecule has 350 valence electrons. The van der Waals surface area contributed by atoms with E-state index in [1.165, 1.54) is 122 Å². The van der Waals surface area contributed by atoms with Crippen LogP contribution in [-0.2, 0) is 18.4 Å². The summed E-state index contributed by atoms with van der Waals surface area (Å²) in [5.74, 6) is -0.201. The van der Waals surface area contributed by atoms with Crippen molar-refractivity contribution in [3.8, 4) is 0 Å². The van der Waals surface area contributed by atoms with Gasteiger partial charge in [0.05, 0.1) is 39.9 Å². The van der Waals surface area contributed by atoms with Crippen LogP contribution >= 0.6 is 7.82 Å². The summed E-state index contributed by atoms with van der Waals surface area (Å²) in [6.45, 7) is 4.76. The zero-order valence-corrected chi connectivity index (χ0v) is 40.6. The molecule has 0 saturated carbocycles. The molecule has 3 N–H and O–H groups in total. The molecule has 0 bridgehead atoms. The number of quaternary nitrogens is 1. The van der Waals surface area contributed by atoms with Crippen LogP contribution in [0.25, 0.3) is 0 Å². The van der Waals surface area contributed by atoms with Gasteiger partial charge < -0.3 is 19.8 Å².